The number of rotatable bonds is 9. The van der Waals surface area contributed by atoms with E-state index in [1.807, 2.05) is 55.5 Å². The molecule has 0 radical (unpaired) electrons. The maximum Gasteiger partial charge on any atom is 0.418 e. The van der Waals surface area contributed by atoms with Crippen molar-refractivity contribution in [3.05, 3.63) is 131 Å². The van der Waals surface area contributed by atoms with Crippen LogP contribution in [0.25, 0.3) is 26.3 Å². The van der Waals surface area contributed by atoms with E-state index in [4.69, 9.17) is 0 Å². The number of anilines is 3. The van der Waals surface area contributed by atoms with Crippen LogP contribution in [0.1, 0.15) is 24.6 Å². The molecular weight excluding hydrogens is 652 g/mol. The Hall–Kier alpha value is -5.24. The number of halogens is 3. The van der Waals surface area contributed by atoms with Gasteiger partial charge in [-0.25, -0.2) is 0 Å². The van der Waals surface area contributed by atoms with Crippen molar-refractivity contribution in [3.63, 3.8) is 0 Å². The van der Waals surface area contributed by atoms with Gasteiger partial charge >= 0.3 is 6.18 Å². The predicted molar refractivity (Wildman–Crippen MR) is 186 cm³/mol. The Labute approximate surface area is 284 Å². The third-order valence-corrected chi connectivity index (χ3v) is 10.1. The summed E-state index contributed by atoms with van der Waals surface area (Å²) in [5, 5.41) is 9.51. The zero-order valence-corrected chi connectivity index (χ0v) is 27.3. The first-order valence-corrected chi connectivity index (χ1v) is 16.8. The van der Waals surface area contributed by atoms with Crippen molar-refractivity contribution in [2.24, 2.45) is 0 Å². The van der Waals surface area contributed by atoms with Crippen molar-refractivity contribution in [2.45, 2.75) is 25.9 Å². The highest BCUT2D eigenvalue weighted by atomic mass is 32.1. The Morgan fingerprint density at radius 2 is 1.31 bits per heavy atom. The minimum absolute atomic E-state index is 0.0625. The summed E-state index contributed by atoms with van der Waals surface area (Å²) in [6, 6.07) is 37.3. The van der Waals surface area contributed by atoms with Gasteiger partial charge in [-0.05, 0) is 78.7 Å². The summed E-state index contributed by atoms with van der Waals surface area (Å²) >= 11 is 2.78. The molecule has 240 valence electrons. The summed E-state index contributed by atoms with van der Waals surface area (Å²) in [7, 11) is 0. The molecule has 0 aliphatic carbocycles. The van der Waals surface area contributed by atoms with Crippen LogP contribution in [-0.2, 0) is 9.59 Å². The number of imide groups is 1. The van der Waals surface area contributed by atoms with E-state index in [0.717, 1.165) is 48.2 Å². The summed E-state index contributed by atoms with van der Waals surface area (Å²) < 4.78 is 42.5. The number of para-hydroxylation sites is 2. The van der Waals surface area contributed by atoms with Crippen molar-refractivity contribution in [3.8, 4) is 26.3 Å². The maximum absolute atomic E-state index is 14.2. The number of benzene rings is 3. The fourth-order valence-corrected chi connectivity index (χ4v) is 7.53. The zero-order valence-electron chi connectivity index (χ0n) is 25.7. The summed E-state index contributed by atoms with van der Waals surface area (Å²) in [5.74, 6) is -2.26. The number of alkyl halides is 3. The van der Waals surface area contributed by atoms with Gasteiger partial charge in [-0.2, -0.15) is 18.4 Å². The van der Waals surface area contributed by atoms with Crippen LogP contribution >= 0.6 is 22.7 Å². The maximum atomic E-state index is 14.2. The van der Waals surface area contributed by atoms with E-state index in [2.05, 4.69) is 53.4 Å². The number of hydrogen-bond donors (Lipinski definition) is 0. The monoisotopic (exact) mass is 679 g/mol. The van der Waals surface area contributed by atoms with Gasteiger partial charge in [-0.1, -0.05) is 61.9 Å². The van der Waals surface area contributed by atoms with Gasteiger partial charge in [0.2, 0.25) is 0 Å². The SMILES string of the molecule is CCCCN1C(=O)C(C#N)=C(C(F)(F)F)/C(=C/c2ccc(-c3ccc(-c4ccc(N(c5ccccc5)c5ccccc5)cc4)s3)s2)C1=O. The number of hydrogen-bond acceptors (Lipinski definition) is 6. The third kappa shape index (κ3) is 6.61. The van der Waals surface area contributed by atoms with Gasteiger partial charge in [0.25, 0.3) is 11.8 Å². The lowest BCUT2D eigenvalue weighted by atomic mass is 9.92. The Bertz CT molecular complexity index is 2020. The standard InChI is InChI=1S/C38H28F3N3O2S2/c1-2-3-22-43-36(45)30(35(38(39,40)41)31(24-42)37(43)46)23-29-18-19-33(47-29)34-21-20-32(48-34)25-14-16-28(17-15-25)44(26-10-6-4-7-11-26)27-12-8-5-9-13-27/h4-21,23H,2-3,22H2,1H3/b30-23-. The highest BCUT2D eigenvalue weighted by molar-refractivity contribution is 7.24. The smallest absolute Gasteiger partial charge is 0.311 e. The molecule has 0 fully saturated rings. The van der Waals surface area contributed by atoms with Crippen molar-refractivity contribution < 1.29 is 22.8 Å². The quantitative estimate of drug-likeness (QED) is 0.115. The normalized spacial score (nSPS) is 14.5. The Morgan fingerprint density at radius 1 is 0.750 bits per heavy atom. The van der Waals surface area contributed by atoms with Gasteiger partial charge < -0.3 is 4.90 Å². The molecule has 0 bridgehead atoms. The number of unbranched alkanes of at least 4 members (excludes halogenated alkanes) is 1. The van der Waals surface area contributed by atoms with Gasteiger partial charge in [0.1, 0.15) is 11.6 Å². The third-order valence-electron chi connectivity index (χ3n) is 7.79. The van der Waals surface area contributed by atoms with Crippen LogP contribution < -0.4 is 4.90 Å². The first kappa shape index (κ1) is 32.7. The fraction of sp³-hybridized carbons (Fsp3) is 0.132. The van der Waals surface area contributed by atoms with Gasteiger partial charge in [0.05, 0.1) is 11.1 Å². The van der Waals surface area contributed by atoms with E-state index < -0.39 is 34.7 Å². The molecule has 3 heterocycles. The molecule has 0 saturated heterocycles. The van der Waals surface area contributed by atoms with Crippen LogP contribution in [0.5, 0.6) is 0 Å². The number of nitrogens with zero attached hydrogens (tertiary/aromatic N) is 3. The molecule has 0 unspecified atom stereocenters. The van der Waals surface area contributed by atoms with Crippen LogP contribution in [0.15, 0.2) is 126 Å². The summed E-state index contributed by atoms with van der Waals surface area (Å²) in [6.45, 7) is 1.77. The summed E-state index contributed by atoms with van der Waals surface area (Å²) in [4.78, 5) is 32.0. The molecule has 48 heavy (non-hydrogen) atoms. The first-order chi connectivity index (χ1) is 23.2. The van der Waals surface area contributed by atoms with E-state index in [1.165, 1.54) is 17.4 Å². The zero-order chi connectivity index (χ0) is 33.8. The molecular formula is C38H28F3N3O2S2. The van der Waals surface area contributed by atoms with E-state index in [-0.39, 0.29) is 6.54 Å². The van der Waals surface area contributed by atoms with E-state index in [1.54, 1.807) is 23.5 Å². The fourth-order valence-electron chi connectivity index (χ4n) is 5.48. The minimum Gasteiger partial charge on any atom is -0.311 e. The molecule has 1 aliphatic rings. The molecule has 3 aromatic carbocycles. The van der Waals surface area contributed by atoms with Gasteiger partial charge in [-0.15, -0.1) is 22.7 Å². The lowest BCUT2D eigenvalue weighted by molar-refractivity contribution is -0.143. The van der Waals surface area contributed by atoms with Gasteiger partial charge in [-0.3, -0.25) is 14.5 Å². The van der Waals surface area contributed by atoms with Crippen molar-refractivity contribution in [1.82, 2.24) is 4.90 Å². The second-order valence-corrected chi connectivity index (χ2v) is 13.2. The summed E-state index contributed by atoms with van der Waals surface area (Å²) in [6.07, 6.45) is -2.89. The van der Waals surface area contributed by atoms with E-state index in [9.17, 15) is 28.0 Å². The van der Waals surface area contributed by atoms with Gasteiger partial charge in [0, 0.05) is 43.1 Å². The lowest BCUT2D eigenvalue weighted by Gasteiger charge is -2.29. The molecule has 0 atom stereocenters. The molecule has 5 nitrogen and oxygen atoms in total. The van der Waals surface area contributed by atoms with Crippen LogP contribution in [0.3, 0.4) is 0 Å². The molecule has 0 N–H and O–H groups in total. The Balaban J connectivity index is 1.28. The predicted octanol–water partition coefficient (Wildman–Crippen LogP) is 10.5. The average Bonchev–Trinajstić information content (AvgIpc) is 3.77. The van der Waals surface area contributed by atoms with Crippen molar-refractivity contribution >= 4 is 57.6 Å². The van der Waals surface area contributed by atoms with Gasteiger partial charge in [0.15, 0.2) is 0 Å². The molecule has 2 aromatic heterocycles. The van der Waals surface area contributed by atoms with Crippen LogP contribution in [0.4, 0.5) is 30.2 Å². The van der Waals surface area contributed by atoms with Crippen LogP contribution in [-0.4, -0.2) is 29.4 Å². The largest absolute Gasteiger partial charge is 0.418 e. The van der Waals surface area contributed by atoms with E-state index >= 15 is 0 Å². The highest BCUT2D eigenvalue weighted by Gasteiger charge is 2.48. The Kier molecular flexibility index (Phi) is 9.44. The summed E-state index contributed by atoms with van der Waals surface area (Å²) in [5.41, 5.74) is 0.848. The van der Waals surface area contributed by atoms with Crippen molar-refractivity contribution in [2.75, 3.05) is 11.4 Å². The molecule has 1 aliphatic heterocycles. The van der Waals surface area contributed by atoms with Crippen LogP contribution in [0.2, 0.25) is 0 Å². The van der Waals surface area contributed by atoms with E-state index in [0.29, 0.717) is 17.7 Å². The molecule has 5 aromatic rings. The second-order valence-electron chi connectivity index (χ2n) is 11.0. The molecule has 0 saturated carbocycles. The molecule has 0 spiro atoms. The number of thiophene rings is 2. The van der Waals surface area contributed by atoms with Crippen molar-refractivity contribution in [1.29, 1.82) is 5.26 Å². The number of carbonyl (C=O) groups is 2. The Morgan fingerprint density at radius 3 is 1.90 bits per heavy atom. The molecule has 10 heteroatoms. The lowest BCUT2D eigenvalue weighted by Crippen LogP contribution is -2.45. The number of nitriles is 1. The average molecular weight is 680 g/mol. The minimum atomic E-state index is -5.06. The topological polar surface area (TPSA) is 64.4 Å². The first-order valence-electron chi connectivity index (χ1n) is 15.2. The number of carbonyl (C=O) groups excluding carboxylic acids is 2. The second kappa shape index (κ2) is 13.9. The highest BCUT2D eigenvalue weighted by Crippen LogP contribution is 2.42. The van der Waals surface area contributed by atoms with Crippen LogP contribution in [0, 0.1) is 11.3 Å². The number of amides is 2. The molecule has 6 rings (SSSR count). The molecule has 2 amide bonds.